The van der Waals surface area contributed by atoms with Crippen molar-refractivity contribution >= 4 is 6.03 Å². The zero-order valence-corrected chi connectivity index (χ0v) is 17.5. The Kier molecular flexibility index (Phi) is 6.42. The summed E-state index contributed by atoms with van der Waals surface area (Å²) in [7, 11) is 0. The number of urea groups is 1. The summed E-state index contributed by atoms with van der Waals surface area (Å²) in [6.45, 7) is 4.98. The third-order valence-electron chi connectivity index (χ3n) is 5.73. The number of aryl methyl sites for hydroxylation is 1. The van der Waals surface area contributed by atoms with Crippen molar-refractivity contribution < 1.29 is 4.79 Å². The molecule has 0 bridgehead atoms. The largest absolute Gasteiger partial charge is 0.334 e. The van der Waals surface area contributed by atoms with Crippen LogP contribution in [0, 0.1) is 12.8 Å². The second kappa shape index (κ2) is 9.57. The third kappa shape index (κ3) is 5.26. The molecule has 6 heteroatoms. The van der Waals surface area contributed by atoms with Crippen molar-refractivity contribution in [3.63, 3.8) is 0 Å². The molecule has 1 aliphatic rings. The van der Waals surface area contributed by atoms with E-state index in [1.165, 1.54) is 11.1 Å². The average Bonchev–Trinajstić information content (AvgIpc) is 3.20. The lowest BCUT2D eigenvalue weighted by Crippen LogP contribution is -2.45. The standard InChI is InChI=1S/C24H29N5O/c1-19-9-11-20(12-10-19)15-25-24(30)28-13-5-8-22(17-28)14-23-27-26-18-29(23)16-21-6-3-2-4-7-21/h2-4,6-7,9-12,18,22H,5,8,13-17H2,1H3,(H,25,30). The second-order valence-corrected chi connectivity index (χ2v) is 8.16. The van der Waals surface area contributed by atoms with Gasteiger partial charge in [-0.15, -0.1) is 10.2 Å². The van der Waals surface area contributed by atoms with Gasteiger partial charge in [-0.1, -0.05) is 60.2 Å². The summed E-state index contributed by atoms with van der Waals surface area (Å²) in [5, 5.41) is 11.5. The van der Waals surface area contributed by atoms with Crippen LogP contribution in [-0.4, -0.2) is 38.8 Å². The van der Waals surface area contributed by atoms with E-state index >= 15 is 0 Å². The Morgan fingerprint density at radius 2 is 1.90 bits per heavy atom. The first kappa shape index (κ1) is 20.1. The number of amides is 2. The van der Waals surface area contributed by atoms with Gasteiger partial charge in [0.1, 0.15) is 12.2 Å². The van der Waals surface area contributed by atoms with E-state index in [4.69, 9.17) is 0 Å². The average molecular weight is 404 g/mol. The molecule has 6 nitrogen and oxygen atoms in total. The van der Waals surface area contributed by atoms with Crippen LogP contribution >= 0.6 is 0 Å². The van der Waals surface area contributed by atoms with E-state index in [9.17, 15) is 4.79 Å². The number of nitrogens with zero attached hydrogens (tertiary/aromatic N) is 4. The quantitative estimate of drug-likeness (QED) is 0.681. The molecule has 2 heterocycles. The van der Waals surface area contributed by atoms with Crippen molar-refractivity contribution in [2.45, 2.75) is 39.3 Å². The van der Waals surface area contributed by atoms with Gasteiger partial charge in [0.15, 0.2) is 0 Å². The van der Waals surface area contributed by atoms with Gasteiger partial charge in [0.25, 0.3) is 0 Å². The first-order valence-electron chi connectivity index (χ1n) is 10.7. The van der Waals surface area contributed by atoms with Gasteiger partial charge in [-0.25, -0.2) is 4.79 Å². The highest BCUT2D eigenvalue weighted by atomic mass is 16.2. The number of piperidine rings is 1. The molecule has 0 saturated carbocycles. The molecule has 1 unspecified atom stereocenters. The Morgan fingerprint density at radius 3 is 2.70 bits per heavy atom. The summed E-state index contributed by atoms with van der Waals surface area (Å²) in [4.78, 5) is 14.6. The molecular formula is C24H29N5O. The minimum Gasteiger partial charge on any atom is -0.334 e. The van der Waals surface area contributed by atoms with Gasteiger partial charge >= 0.3 is 6.03 Å². The van der Waals surface area contributed by atoms with Crippen molar-refractivity contribution in [1.82, 2.24) is 25.0 Å². The van der Waals surface area contributed by atoms with E-state index in [0.29, 0.717) is 12.5 Å². The first-order valence-corrected chi connectivity index (χ1v) is 10.7. The number of hydrogen-bond acceptors (Lipinski definition) is 3. The van der Waals surface area contributed by atoms with E-state index < -0.39 is 0 Å². The lowest BCUT2D eigenvalue weighted by atomic mass is 9.94. The van der Waals surface area contributed by atoms with Gasteiger partial charge < -0.3 is 14.8 Å². The van der Waals surface area contributed by atoms with Gasteiger partial charge in [-0.05, 0) is 36.8 Å². The molecule has 1 N–H and O–H groups in total. The number of benzene rings is 2. The van der Waals surface area contributed by atoms with Gasteiger partial charge in [-0.3, -0.25) is 0 Å². The van der Waals surface area contributed by atoms with Crippen LogP contribution in [0.4, 0.5) is 4.79 Å². The van der Waals surface area contributed by atoms with Gasteiger partial charge in [0.2, 0.25) is 0 Å². The molecule has 1 fully saturated rings. The molecule has 4 rings (SSSR count). The number of carbonyl (C=O) groups is 1. The van der Waals surface area contributed by atoms with Crippen molar-refractivity contribution in [1.29, 1.82) is 0 Å². The van der Waals surface area contributed by atoms with Crippen LogP contribution < -0.4 is 5.32 Å². The Labute approximate surface area is 177 Å². The Hall–Kier alpha value is -3.15. The number of aromatic nitrogens is 3. The summed E-state index contributed by atoms with van der Waals surface area (Å²) < 4.78 is 2.12. The predicted octanol–water partition coefficient (Wildman–Crippen LogP) is 3.80. The van der Waals surface area contributed by atoms with Crippen molar-refractivity contribution in [2.75, 3.05) is 13.1 Å². The fourth-order valence-corrected chi connectivity index (χ4v) is 4.02. The van der Waals surface area contributed by atoms with Gasteiger partial charge in [0, 0.05) is 26.1 Å². The molecule has 2 amide bonds. The summed E-state index contributed by atoms with van der Waals surface area (Å²) >= 11 is 0. The van der Waals surface area contributed by atoms with Crippen LogP contribution in [0.15, 0.2) is 60.9 Å². The molecule has 0 radical (unpaired) electrons. The normalized spacial score (nSPS) is 16.4. The van der Waals surface area contributed by atoms with E-state index in [0.717, 1.165) is 50.3 Å². The van der Waals surface area contributed by atoms with Crippen LogP contribution in [0.25, 0.3) is 0 Å². The maximum Gasteiger partial charge on any atom is 0.317 e. The fourth-order valence-electron chi connectivity index (χ4n) is 4.02. The second-order valence-electron chi connectivity index (χ2n) is 8.16. The van der Waals surface area contributed by atoms with Gasteiger partial charge in [0.05, 0.1) is 6.54 Å². The molecule has 3 aromatic rings. The van der Waals surface area contributed by atoms with Crippen molar-refractivity contribution in [3.05, 3.63) is 83.4 Å². The first-order chi connectivity index (χ1) is 14.7. The minimum atomic E-state index is 0.0195. The van der Waals surface area contributed by atoms with Crippen LogP contribution in [0.2, 0.25) is 0 Å². The summed E-state index contributed by atoms with van der Waals surface area (Å²) in [6.07, 6.45) is 4.78. The number of carbonyl (C=O) groups excluding carboxylic acids is 1. The Bertz CT molecular complexity index is 951. The number of hydrogen-bond donors (Lipinski definition) is 1. The van der Waals surface area contributed by atoms with Crippen LogP contribution in [-0.2, 0) is 19.5 Å². The number of nitrogens with one attached hydrogen (secondary N) is 1. The van der Waals surface area contributed by atoms with Crippen LogP contribution in [0.1, 0.15) is 35.4 Å². The topological polar surface area (TPSA) is 63.1 Å². The molecule has 156 valence electrons. The third-order valence-corrected chi connectivity index (χ3v) is 5.73. The monoisotopic (exact) mass is 403 g/mol. The van der Waals surface area contributed by atoms with E-state index in [1.54, 1.807) is 6.33 Å². The molecule has 0 aliphatic carbocycles. The predicted molar refractivity (Wildman–Crippen MR) is 117 cm³/mol. The molecule has 2 aromatic carbocycles. The highest BCUT2D eigenvalue weighted by Crippen LogP contribution is 2.20. The highest BCUT2D eigenvalue weighted by Gasteiger charge is 2.25. The zero-order valence-electron chi connectivity index (χ0n) is 17.5. The highest BCUT2D eigenvalue weighted by molar-refractivity contribution is 5.74. The number of likely N-dealkylation sites (tertiary alicyclic amines) is 1. The van der Waals surface area contributed by atoms with E-state index in [1.807, 2.05) is 23.1 Å². The lowest BCUT2D eigenvalue weighted by Gasteiger charge is -2.32. The molecule has 1 saturated heterocycles. The maximum atomic E-state index is 12.7. The van der Waals surface area contributed by atoms with E-state index in [2.05, 4.69) is 63.4 Å². The Morgan fingerprint density at radius 1 is 1.10 bits per heavy atom. The molecular weight excluding hydrogens is 374 g/mol. The maximum absolute atomic E-state index is 12.7. The molecule has 0 spiro atoms. The Balaban J connectivity index is 1.31. The summed E-state index contributed by atoms with van der Waals surface area (Å²) in [6, 6.07) is 18.6. The van der Waals surface area contributed by atoms with Gasteiger partial charge in [-0.2, -0.15) is 0 Å². The molecule has 1 aliphatic heterocycles. The molecule has 1 atom stereocenters. The fraction of sp³-hybridized carbons (Fsp3) is 0.375. The van der Waals surface area contributed by atoms with Crippen molar-refractivity contribution in [3.8, 4) is 0 Å². The smallest absolute Gasteiger partial charge is 0.317 e. The SMILES string of the molecule is Cc1ccc(CNC(=O)N2CCCC(Cc3nncn3Cc3ccccc3)C2)cc1. The summed E-state index contributed by atoms with van der Waals surface area (Å²) in [5.74, 6) is 1.40. The summed E-state index contributed by atoms with van der Waals surface area (Å²) in [5.41, 5.74) is 3.58. The number of rotatable bonds is 6. The van der Waals surface area contributed by atoms with Crippen LogP contribution in [0.5, 0.6) is 0 Å². The van der Waals surface area contributed by atoms with E-state index in [-0.39, 0.29) is 6.03 Å². The minimum absolute atomic E-state index is 0.0195. The lowest BCUT2D eigenvalue weighted by molar-refractivity contribution is 0.164. The molecule has 1 aromatic heterocycles. The van der Waals surface area contributed by atoms with Crippen LogP contribution in [0.3, 0.4) is 0 Å². The van der Waals surface area contributed by atoms with Crippen molar-refractivity contribution in [2.24, 2.45) is 5.92 Å². The molecule has 30 heavy (non-hydrogen) atoms. The zero-order chi connectivity index (χ0) is 20.8.